The molecule has 3 aliphatic rings. The highest BCUT2D eigenvalue weighted by molar-refractivity contribution is 7.98. The smallest absolute Gasteiger partial charge is 0.252 e. The number of piperidine rings is 1. The summed E-state index contributed by atoms with van der Waals surface area (Å²) in [6.45, 7) is 0.992. The van der Waals surface area contributed by atoms with Crippen LogP contribution in [0.3, 0.4) is 0 Å². The number of nitrogens with zero attached hydrogens (tertiary/aromatic N) is 1. The Morgan fingerprint density at radius 3 is 2.50 bits per heavy atom. The van der Waals surface area contributed by atoms with Gasteiger partial charge in [0.2, 0.25) is 5.91 Å². The van der Waals surface area contributed by atoms with Gasteiger partial charge in [0.25, 0.3) is 5.91 Å². The first-order valence-electron chi connectivity index (χ1n) is 9.90. The van der Waals surface area contributed by atoms with Crippen LogP contribution in [0.1, 0.15) is 55.3 Å². The summed E-state index contributed by atoms with van der Waals surface area (Å²) in [7, 11) is 0. The quantitative estimate of drug-likeness (QED) is 0.820. The predicted octanol–water partition coefficient (Wildman–Crippen LogP) is 3.71. The van der Waals surface area contributed by atoms with Crippen LogP contribution in [0.2, 0.25) is 0 Å². The number of hydrogen-bond donors (Lipinski definition) is 1. The SMILES string of the molecule is CSc1ccccc1C(=O)NC1CCC(C(=O)N2C[C@H]3CC[C@H]2C3)CC1. The lowest BCUT2D eigenvalue weighted by Gasteiger charge is -2.34. The molecule has 2 bridgehead atoms. The van der Waals surface area contributed by atoms with E-state index < -0.39 is 0 Å². The zero-order chi connectivity index (χ0) is 18.1. The molecule has 4 nitrogen and oxygen atoms in total. The normalized spacial score (nSPS) is 30.4. The van der Waals surface area contributed by atoms with Crippen molar-refractivity contribution in [2.75, 3.05) is 12.8 Å². The highest BCUT2D eigenvalue weighted by atomic mass is 32.2. The summed E-state index contributed by atoms with van der Waals surface area (Å²) >= 11 is 1.60. The molecule has 0 spiro atoms. The molecule has 5 heteroatoms. The maximum absolute atomic E-state index is 12.9. The van der Waals surface area contributed by atoms with Gasteiger partial charge in [0.1, 0.15) is 0 Å². The molecule has 1 aromatic carbocycles. The second-order valence-electron chi connectivity index (χ2n) is 8.05. The van der Waals surface area contributed by atoms with Gasteiger partial charge in [-0.25, -0.2) is 0 Å². The molecule has 1 saturated heterocycles. The van der Waals surface area contributed by atoms with E-state index >= 15 is 0 Å². The average Bonchev–Trinajstić information content (AvgIpc) is 3.31. The number of benzene rings is 1. The lowest BCUT2D eigenvalue weighted by Crippen LogP contribution is -2.44. The van der Waals surface area contributed by atoms with Crippen molar-refractivity contribution in [3.63, 3.8) is 0 Å². The number of likely N-dealkylation sites (tertiary alicyclic amines) is 1. The summed E-state index contributed by atoms with van der Waals surface area (Å²) < 4.78 is 0. The zero-order valence-corrected chi connectivity index (χ0v) is 16.3. The molecular formula is C21H28N2O2S. The Labute approximate surface area is 160 Å². The third-order valence-electron chi connectivity index (χ3n) is 6.46. The first-order valence-corrected chi connectivity index (χ1v) is 11.1. The lowest BCUT2D eigenvalue weighted by molar-refractivity contribution is -0.138. The van der Waals surface area contributed by atoms with Gasteiger partial charge in [0.05, 0.1) is 5.56 Å². The molecule has 1 N–H and O–H groups in total. The van der Waals surface area contributed by atoms with Crippen molar-refractivity contribution in [2.24, 2.45) is 11.8 Å². The molecule has 4 rings (SSSR count). The number of fused-ring (bicyclic) bond motifs is 2. The van der Waals surface area contributed by atoms with E-state index in [0.717, 1.165) is 48.6 Å². The van der Waals surface area contributed by atoms with Crippen molar-refractivity contribution < 1.29 is 9.59 Å². The summed E-state index contributed by atoms with van der Waals surface area (Å²) in [5.41, 5.74) is 0.756. The second kappa shape index (κ2) is 7.63. The van der Waals surface area contributed by atoms with Gasteiger partial charge < -0.3 is 10.2 Å². The molecular weight excluding hydrogens is 344 g/mol. The van der Waals surface area contributed by atoms with Crippen LogP contribution in [-0.4, -0.2) is 41.6 Å². The number of carbonyl (C=O) groups is 2. The van der Waals surface area contributed by atoms with E-state index in [0.29, 0.717) is 11.9 Å². The van der Waals surface area contributed by atoms with Gasteiger partial charge in [-0.2, -0.15) is 0 Å². The Morgan fingerprint density at radius 2 is 1.85 bits per heavy atom. The van der Waals surface area contributed by atoms with Crippen molar-refractivity contribution in [1.29, 1.82) is 0 Å². The Bertz CT molecular complexity index is 684. The van der Waals surface area contributed by atoms with Crippen LogP contribution in [0.4, 0.5) is 0 Å². The third kappa shape index (κ3) is 3.51. The molecule has 140 valence electrons. The molecule has 0 aromatic heterocycles. The van der Waals surface area contributed by atoms with Gasteiger partial charge in [-0.15, -0.1) is 11.8 Å². The number of thioether (sulfide) groups is 1. The standard InChI is InChI=1S/C21H28N2O2S/c1-26-19-5-3-2-4-18(19)20(24)22-16-9-7-15(8-10-16)21(25)23-13-14-6-11-17(23)12-14/h2-5,14-17H,6-13H2,1H3,(H,22,24)/t14-,15?,16?,17-/m0/s1. The van der Waals surface area contributed by atoms with E-state index in [2.05, 4.69) is 10.2 Å². The second-order valence-corrected chi connectivity index (χ2v) is 8.89. The van der Waals surface area contributed by atoms with E-state index in [1.54, 1.807) is 11.8 Å². The van der Waals surface area contributed by atoms with Gasteiger partial charge in [0, 0.05) is 29.4 Å². The van der Waals surface area contributed by atoms with Crippen molar-refractivity contribution >= 4 is 23.6 Å². The summed E-state index contributed by atoms with van der Waals surface area (Å²) in [4.78, 5) is 28.6. The number of hydrogen-bond acceptors (Lipinski definition) is 3. The zero-order valence-electron chi connectivity index (χ0n) is 15.4. The fourth-order valence-electron chi connectivity index (χ4n) is 5.01. The Morgan fingerprint density at radius 1 is 1.08 bits per heavy atom. The molecule has 1 aliphatic heterocycles. The van der Waals surface area contributed by atoms with Crippen molar-refractivity contribution in [1.82, 2.24) is 10.2 Å². The molecule has 3 fully saturated rings. The van der Waals surface area contributed by atoms with E-state index in [9.17, 15) is 9.59 Å². The van der Waals surface area contributed by atoms with Gasteiger partial charge in [-0.1, -0.05) is 12.1 Å². The summed E-state index contributed by atoms with van der Waals surface area (Å²) in [5.74, 6) is 1.33. The topological polar surface area (TPSA) is 49.4 Å². The third-order valence-corrected chi connectivity index (χ3v) is 7.25. The van der Waals surface area contributed by atoms with Crippen molar-refractivity contribution in [2.45, 2.75) is 61.9 Å². The number of amides is 2. The molecule has 1 heterocycles. The Hall–Kier alpha value is -1.49. The van der Waals surface area contributed by atoms with Crippen LogP contribution in [0.15, 0.2) is 29.2 Å². The summed E-state index contributed by atoms with van der Waals surface area (Å²) in [6.07, 6.45) is 9.36. The van der Waals surface area contributed by atoms with Crippen molar-refractivity contribution in [3.05, 3.63) is 29.8 Å². The Kier molecular flexibility index (Phi) is 5.25. The largest absolute Gasteiger partial charge is 0.349 e. The molecule has 2 aliphatic carbocycles. The van der Waals surface area contributed by atoms with Gasteiger partial charge in [-0.05, 0) is 69.3 Å². The lowest BCUT2D eigenvalue weighted by atomic mass is 9.84. The molecule has 2 amide bonds. The van der Waals surface area contributed by atoms with Crippen LogP contribution in [-0.2, 0) is 4.79 Å². The maximum atomic E-state index is 12.9. The molecule has 0 unspecified atom stereocenters. The number of carbonyl (C=O) groups excluding carboxylic acids is 2. The van der Waals surface area contributed by atoms with Crippen LogP contribution >= 0.6 is 11.8 Å². The first kappa shape index (κ1) is 17.9. The monoisotopic (exact) mass is 372 g/mol. The van der Waals surface area contributed by atoms with Gasteiger partial charge >= 0.3 is 0 Å². The fraction of sp³-hybridized carbons (Fsp3) is 0.619. The van der Waals surface area contributed by atoms with E-state index in [4.69, 9.17) is 0 Å². The molecule has 26 heavy (non-hydrogen) atoms. The Balaban J connectivity index is 1.30. The van der Waals surface area contributed by atoms with Gasteiger partial charge in [-0.3, -0.25) is 9.59 Å². The number of rotatable bonds is 4. The molecule has 0 radical (unpaired) electrons. The average molecular weight is 373 g/mol. The maximum Gasteiger partial charge on any atom is 0.252 e. The van der Waals surface area contributed by atoms with E-state index in [-0.39, 0.29) is 17.9 Å². The minimum absolute atomic E-state index is 0.0154. The van der Waals surface area contributed by atoms with Crippen molar-refractivity contribution in [3.8, 4) is 0 Å². The molecule has 2 saturated carbocycles. The predicted molar refractivity (Wildman–Crippen MR) is 104 cm³/mol. The number of nitrogens with one attached hydrogen (secondary N) is 1. The van der Waals surface area contributed by atoms with Crippen LogP contribution in [0.25, 0.3) is 0 Å². The summed E-state index contributed by atoms with van der Waals surface area (Å²) in [5, 5.41) is 3.19. The summed E-state index contributed by atoms with van der Waals surface area (Å²) in [6, 6.07) is 8.46. The highest BCUT2D eigenvalue weighted by Gasteiger charge is 2.42. The minimum Gasteiger partial charge on any atom is -0.349 e. The van der Waals surface area contributed by atoms with E-state index in [1.807, 2.05) is 30.5 Å². The molecule has 2 atom stereocenters. The van der Waals surface area contributed by atoms with Crippen LogP contribution in [0, 0.1) is 11.8 Å². The van der Waals surface area contributed by atoms with Gasteiger partial charge in [0.15, 0.2) is 0 Å². The van der Waals surface area contributed by atoms with Crippen LogP contribution < -0.4 is 5.32 Å². The molecule has 1 aromatic rings. The first-order chi connectivity index (χ1) is 12.7. The highest BCUT2D eigenvalue weighted by Crippen LogP contribution is 2.39. The van der Waals surface area contributed by atoms with E-state index in [1.165, 1.54) is 19.3 Å². The van der Waals surface area contributed by atoms with Crippen LogP contribution in [0.5, 0.6) is 0 Å². The minimum atomic E-state index is 0.0154. The fourth-order valence-corrected chi connectivity index (χ4v) is 5.60.